The molecule has 0 radical (unpaired) electrons. The van der Waals surface area contributed by atoms with E-state index in [2.05, 4.69) is 29.1 Å². The number of aliphatic hydroxyl groups excluding tert-OH is 1. The maximum absolute atomic E-state index is 9.85. The molecule has 1 N–H and O–H groups in total. The molecule has 0 aliphatic carbocycles. The van der Waals surface area contributed by atoms with Crippen molar-refractivity contribution < 1.29 is 9.63 Å². The number of likely N-dealkylation sites (N-methyl/N-ethyl adjacent to an activating group) is 1. The second-order valence-corrected chi connectivity index (χ2v) is 5.54. The lowest BCUT2D eigenvalue weighted by Gasteiger charge is -2.26. The minimum absolute atomic E-state index is 0.213. The molecule has 1 aromatic heterocycles. The average molecular weight is 253 g/mol. The van der Waals surface area contributed by atoms with Gasteiger partial charge in [-0.1, -0.05) is 5.16 Å². The highest BCUT2D eigenvalue weighted by Crippen LogP contribution is 2.23. The van der Waals surface area contributed by atoms with Gasteiger partial charge in [-0.05, 0) is 34.4 Å². The van der Waals surface area contributed by atoms with E-state index in [0.717, 1.165) is 43.1 Å². The van der Waals surface area contributed by atoms with Crippen LogP contribution in [0, 0.1) is 13.8 Å². The van der Waals surface area contributed by atoms with Crippen molar-refractivity contribution in [3.05, 3.63) is 17.0 Å². The fourth-order valence-corrected chi connectivity index (χ4v) is 2.69. The van der Waals surface area contributed by atoms with Gasteiger partial charge in [-0.15, -0.1) is 0 Å². The van der Waals surface area contributed by atoms with E-state index in [1.165, 1.54) is 0 Å². The highest BCUT2D eigenvalue weighted by atomic mass is 16.5. The minimum Gasteiger partial charge on any atom is -0.392 e. The smallest absolute Gasteiger partial charge is 0.138 e. The number of nitrogens with zero attached hydrogens (tertiary/aromatic N) is 3. The van der Waals surface area contributed by atoms with Crippen molar-refractivity contribution >= 4 is 0 Å². The first-order valence-corrected chi connectivity index (χ1v) is 6.46. The highest BCUT2D eigenvalue weighted by molar-refractivity contribution is 5.21. The summed E-state index contributed by atoms with van der Waals surface area (Å²) in [6.07, 6.45) is 0.636. The minimum atomic E-state index is -0.213. The molecular weight excluding hydrogens is 230 g/mol. The van der Waals surface area contributed by atoms with E-state index in [4.69, 9.17) is 4.52 Å². The molecule has 102 valence electrons. The van der Waals surface area contributed by atoms with Crippen LogP contribution in [-0.2, 0) is 6.54 Å². The van der Waals surface area contributed by atoms with Gasteiger partial charge >= 0.3 is 0 Å². The quantitative estimate of drug-likeness (QED) is 0.859. The van der Waals surface area contributed by atoms with E-state index < -0.39 is 0 Å². The predicted octanol–water partition coefficient (Wildman–Crippen LogP) is 0.788. The Hall–Kier alpha value is -0.910. The largest absolute Gasteiger partial charge is 0.392 e. The average Bonchev–Trinajstić information content (AvgIpc) is 2.75. The number of hydrogen-bond donors (Lipinski definition) is 1. The zero-order chi connectivity index (χ0) is 13.3. The number of aliphatic hydroxyl groups is 1. The van der Waals surface area contributed by atoms with E-state index in [9.17, 15) is 5.11 Å². The monoisotopic (exact) mass is 253 g/mol. The molecule has 0 spiro atoms. The molecule has 1 fully saturated rings. The van der Waals surface area contributed by atoms with Gasteiger partial charge < -0.3 is 14.5 Å². The standard InChI is InChI=1S/C13H23N3O2/c1-9-13(10(2)18-14-9)8-16-7-12(17)5-11(16)6-15(3)4/h11-12,17H,5-8H2,1-4H3. The number of β-amino-alcohol motifs (C(OH)–C–C–N with tert-alkyl or cyclic N) is 1. The molecule has 2 unspecified atom stereocenters. The van der Waals surface area contributed by atoms with E-state index >= 15 is 0 Å². The van der Waals surface area contributed by atoms with Crippen LogP contribution < -0.4 is 0 Å². The zero-order valence-electron chi connectivity index (χ0n) is 11.7. The van der Waals surface area contributed by atoms with Gasteiger partial charge in [0.05, 0.1) is 11.8 Å². The van der Waals surface area contributed by atoms with Gasteiger partial charge in [-0.25, -0.2) is 0 Å². The first kappa shape index (κ1) is 13.5. The van der Waals surface area contributed by atoms with Gasteiger partial charge in [0.1, 0.15) is 5.76 Å². The Balaban J connectivity index is 2.07. The van der Waals surface area contributed by atoms with Crippen molar-refractivity contribution in [2.45, 2.75) is 39.0 Å². The third-order valence-corrected chi connectivity index (χ3v) is 3.62. The molecule has 1 aliphatic heterocycles. The molecule has 1 aliphatic rings. The fourth-order valence-electron chi connectivity index (χ4n) is 2.69. The zero-order valence-corrected chi connectivity index (χ0v) is 11.7. The molecule has 18 heavy (non-hydrogen) atoms. The summed E-state index contributed by atoms with van der Waals surface area (Å²) >= 11 is 0. The maximum atomic E-state index is 9.85. The molecule has 0 saturated carbocycles. The highest BCUT2D eigenvalue weighted by Gasteiger charge is 2.32. The first-order valence-electron chi connectivity index (χ1n) is 6.46. The SMILES string of the molecule is Cc1noc(C)c1CN1CC(O)CC1CN(C)C. The summed E-state index contributed by atoms with van der Waals surface area (Å²) in [6, 6.07) is 0.406. The van der Waals surface area contributed by atoms with Crippen LogP contribution in [0.3, 0.4) is 0 Å². The van der Waals surface area contributed by atoms with E-state index in [1.54, 1.807) is 0 Å². The molecule has 5 heteroatoms. The third kappa shape index (κ3) is 2.91. The van der Waals surface area contributed by atoms with Gasteiger partial charge in [0.15, 0.2) is 0 Å². The summed E-state index contributed by atoms with van der Waals surface area (Å²) < 4.78 is 5.20. The normalized spacial score (nSPS) is 25.2. The Kier molecular flexibility index (Phi) is 4.04. The number of aromatic nitrogens is 1. The topological polar surface area (TPSA) is 52.7 Å². The van der Waals surface area contributed by atoms with Crippen LogP contribution in [0.4, 0.5) is 0 Å². The van der Waals surface area contributed by atoms with Gasteiger partial charge in [0.25, 0.3) is 0 Å². The molecule has 2 atom stereocenters. The first-order chi connectivity index (χ1) is 8.47. The van der Waals surface area contributed by atoms with Crippen LogP contribution in [0.25, 0.3) is 0 Å². The second kappa shape index (κ2) is 5.38. The van der Waals surface area contributed by atoms with Gasteiger partial charge in [0.2, 0.25) is 0 Å². The molecule has 5 nitrogen and oxygen atoms in total. The Morgan fingerprint density at radius 3 is 2.72 bits per heavy atom. The summed E-state index contributed by atoms with van der Waals surface area (Å²) in [7, 11) is 4.14. The molecule has 0 aromatic carbocycles. The third-order valence-electron chi connectivity index (χ3n) is 3.62. The van der Waals surface area contributed by atoms with Gasteiger partial charge in [-0.3, -0.25) is 4.90 Å². The molecule has 2 heterocycles. The van der Waals surface area contributed by atoms with Crippen LogP contribution in [0.2, 0.25) is 0 Å². The number of hydrogen-bond acceptors (Lipinski definition) is 5. The molecule has 1 aromatic rings. The van der Waals surface area contributed by atoms with Crippen LogP contribution in [0.5, 0.6) is 0 Å². The number of aryl methyl sites for hydroxylation is 2. The van der Waals surface area contributed by atoms with Crippen molar-refractivity contribution in [2.24, 2.45) is 0 Å². The van der Waals surface area contributed by atoms with Crippen molar-refractivity contribution in [1.29, 1.82) is 0 Å². The fraction of sp³-hybridized carbons (Fsp3) is 0.769. The lowest BCUT2D eigenvalue weighted by Crippen LogP contribution is -2.37. The van der Waals surface area contributed by atoms with Gasteiger partial charge in [0, 0.05) is 31.2 Å². The number of likely N-dealkylation sites (tertiary alicyclic amines) is 1. The van der Waals surface area contributed by atoms with Crippen molar-refractivity contribution in [1.82, 2.24) is 15.0 Å². The molecular formula is C13H23N3O2. The summed E-state index contributed by atoms with van der Waals surface area (Å²) in [5.41, 5.74) is 2.12. The Labute approximate surface area is 108 Å². The van der Waals surface area contributed by atoms with Crippen molar-refractivity contribution in [3.63, 3.8) is 0 Å². The lowest BCUT2D eigenvalue weighted by molar-refractivity contribution is 0.169. The van der Waals surface area contributed by atoms with Crippen molar-refractivity contribution in [2.75, 3.05) is 27.2 Å². The maximum Gasteiger partial charge on any atom is 0.138 e. The van der Waals surface area contributed by atoms with Crippen molar-refractivity contribution in [3.8, 4) is 0 Å². The summed E-state index contributed by atoms with van der Waals surface area (Å²) in [4.78, 5) is 4.50. The Bertz CT molecular complexity index is 383. The Morgan fingerprint density at radius 1 is 1.44 bits per heavy atom. The van der Waals surface area contributed by atoms with Gasteiger partial charge in [-0.2, -0.15) is 0 Å². The van der Waals surface area contributed by atoms with Crippen LogP contribution in [0.1, 0.15) is 23.4 Å². The van der Waals surface area contributed by atoms with E-state index in [-0.39, 0.29) is 6.10 Å². The number of rotatable bonds is 4. The van der Waals surface area contributed by atoms with Crippen LogP contribution in [0.15, 0.2) is 4.52 Å². The molecule has 0 bridgehead atoms. The van der Waals surface area contributed by atoms with E-state index in [0.29, 0.717) is 6.04 Å². The lowest BCUT2D eigenvalue weighted by atomic mass is 10.1. The summed E-state index contributed by atoms with van der Waals surface area (Å²) in [6.45, 7) is 6.45. The van der Waals surface area contributed by atoms with Crippen LogP contribution in [-0.4, -0.2) is 59.4 Å². The molecule has 2 rings (SSSR count). The van der Waals surface area contributed by atoms with Crippen LogP contribution >= 0.6 is 0 Å². The molecule has 0 amide bonds. The second-order valence-electron chi connectivity index (χ2n) is 5.54. The molecule has 1 saturated heterocycles. The summed E-state index contributed by atoms with van der Waals surface area (Å²) in [5, 5.41) is 13.8. The summed E-state index contributed by atoms with van der Waals surface area (Å²) in [5.74, 6) is 0.887. The predicted molar refractivity (Wildman–Crippen MR) is 69.4 cm³/mol. The Morgan fingerprint density at radius 2 is 2.17 bits per heavy atom. The van der Waals surface area contributed by atoms with E-state index in [1.807, 2.05) is 13.8 Å².